The maximum atomic E-state index is 12.2. The summed E-state index contributed by atoms with van der Waals surface area (Å²) in [5, 5.41) is 20.8. The minimum absolute atomic E-state index is 0.133. The number of phosphoric ester groups is 1. The molecule has 14 heteroatoms. The summed E-state index contributed by atoms with van der Waals surface area (Å²) in [6.07, 6.45) is -0.152. The van der Waals surface area contributed by atoms with Crippen LogP contribution in [-0.4, -0.2) is 65.5 Å². The van der Waals surface area contributed by atoms with E-state index < -0.39 is 50.9 Å². The van der Waals surface area contributed by atoms with Crippen molar-refractivity contribution in [2.75, 3.05) is 12.3 Å². The predicted molar refractivity (Wildman–Crippen MR) is 111 cm³/mol. The van der Waals surface area contributed by atoms with Crippen molar-refractivity contribution in [3.63, 3.8) is 0 Å². The van der Waals surface area contributed by atoms with Crippen LogP contribution in [0, 0.1) is 5.92 Å². The van der Waals surface area contributed by atoms with Gasteiger partial charge in [-0.2, -0.15) is 0 Å². The summed E-state index contributed by atoms with van der Waals surface area (Å²) in [5.41, 5.74) is 6.31. The van der Waals surface area contributed by atoms with Gasteiger partial charge in [-0.1, -0.05) is 26.7 Å². The molecule has 5 atom stereocenters. The number of hydrogen-bond acceptors (Lipinski definition) is 11. The Hall–Kier alpha value is -2.15. The molecule has 5 N–H and O–H groups in total. The van der Waals surface area contributed by atoms with E-state index in [1.165, 1.54) is 17.2 Å². The number of fused-ring (bicyclic) bond motifs is 1. The highest BCUT2D eigenvalue weighted by Gasteiger charge is 2.45. The maximum Gasteiger partial charge on any atom is 0.529 e. The summed E-state index contributed by atoms with van der Waals surface area (Å²) < 4.78 is 28.8. The highest BCUT2D eigenvalue weighted by Crippen LogP contribution is 2.45. The Balaban J connectivity index is 1.64. The second-order valence-corrected chi connectivity index (χ2v) is 8.96. The molecule has 1 aliphatic heterocycles. The number of carbonyl (C=O) groups is 1. The molecule has 13 nitrogen and oxygen atoms in total. The number of nitrogens with two attached hydrogens (primary N) is 1. The van der Waals surface area contributed by atoms with E-state index in [9.17, 15) is 24.5 Å². The SMILES string of the molecule is CCCC(CCC)C(=O)OP(=O)(O)OC[C@H]1O[C@@H](n2cnc3c(N)ncnc32)[C@H](O)[C@@H]1O. The van der Waals surface area contributed by atoms with Crippen LogP contribution < -0.4 is 5.73 Å². The number of imidazole rings is 1. The number of phosphoric acid groups is 1. The van der Waals surface area contributed by atoms with Crippen LogP contribution in [-0.2, 0) is 23.1 Å². The number of nitrogens with zero attached hydrogens (tertiary/aromatic N) is 4. The molecule has 2 aromatic rings. The van der Waals surface area contributed by atoms with Gasteiger partial charge >= 0.3 is 13.8 Å². The smallest absolute Gasteiger partial charge is 0.387 e. The lowest BCUT2D eigenvalue weighted by atomic mass is 9.99. The highest BCUT2D eigenvalue weighted by molar-refractivity contribution is 7.48. The van der Waals surface area contributed by atoms with Crippen molar-refractivity contribution in [1.82, 2.24) is 19.5 Å². The Bertz CT molecular complexity index is 981. The molecule has 3 heterocycles. The average molecular weight is 473 g/mol. The Morgan fingerprint density at radius 2 is 1.94 bits per heavy atom. The van der Waals surface area contributed by atoms with Gasteiger partial charge in [-0.15, -0.1) is 0 Å². The maximum absolute atomic E-state index is 12.2. The van der Waals surface area contributed by atoms with Crippen LogP contribution >= 0.6 is 7.82 Å². The lowest BCUT2D eigenvalue weighted by molar-refractivity contribution is -0.141. The van der Waals surface area contributed by atoms with E-state index in [-0.39, 0.29) is 17.0 Å². The molecule has 0 spiro atoms. The Morgan fingerprint density at radius 1 is 1.25 bits per heavy atom. The molecule has 32 heavy (non-hydrogen) atoms. The van der Waals surface area contributed by atoms with Crippen molar-refractivity contribution in [2.45, 2.75) is 64.1 Å². The number of hydrogen-bond donors (Lipinski definition) is 4. The van der Waals surface area contributed by atoms with E-state index in [1.54, 1.807) is 0 Å². The third-order valence-corrected chi connectivity index (χ3v) is 6.10. The van der Waals surface area contributed by atoms with E-state index in [4.69, 9.17) is 19.5 Å². The van der Waals surface area contributed by atoms with Crippen molar-refractivity contribution >= 4 is 30.8 Å². The van der Waals surface area contributed by atoms with E-state index >= 15 is 0 Å². The zero-order chi connectivity index (χ0) is 23.5. The molecular formula is C18H28N5O8P. The Morgan fingerprint density at radius 3 is 2.59 bits per heavy atom. The summed E-state index contributed by atoms with van der Waals surface area (Å²) in [6.45, 7) is 3.19. The minimum Gasteiger partial charge on any atom is -0.387 e. The summed E-state index contributed by atoms with van der Waals surface area (Å²) >= 11 is 0. The Labute approximate surface area is 184 Å². The first-order chi connectivity index (χ1) is 15.2. The zero-order valence-corrected chi connectivity index (χ0v) is 18.7. The number of nitrogen functional groups attached to an aromatic ring is 1. The molecule has 0 bridgehead atoms. The van der Waals surface area contributed by atoms with Crippen molar-refractivity contribution in [2.24, 2.45) is 5.92 Å². The van der Waals surface area contributed by atoms with Gasteiger partial charge < -0.3 is 25.2 Å². The molecule has 2 aromatic heterocycles. The molecular weight excluding hydrogens is 445 g/mol. The van der Waals surface area contributed by atoms with Gasteiger partial charge in [-0.05, 0) is 12.8 Å². The second kappa shape index (κ2) is 10.2. The van der Waals surface area contributed by atoms with Crippen molar-refractivity contribution in [3.05, 3.63) is 12.7 Å². The van der Waals surface area contributed by atoms with Gasteiger partial charge in [-0.3, -0.25) is 18.8 Å². The van der Waals surface area contributed by atoms with Gasteiger partial charge in [0.25, 0.3) is 0 Å². The standard InChI is InChI=1S/C18H28N5O8P/c1-3-5-10(6-4-2)18(26)31-32(27,28)29-7-11-13(24)14(25)17(30-11)23-9-22-12-15(19)20-8-21-16(12)23/h8-11,13-14,17,24-25H,3-7H2,1-2H3,(H,27,28)(H2,19,20,21)/t11-,13-,14-,17-/m1/s1. The molecule has 178 valence electrons. The zero-order valence-electron chi connectivity index (χ0n) is 17.8. The molecule has 1 aliphatic rings. The first-order valence-corrected chi connectivity index (χ1v) is 11.8. The van der Waals surface area contributed by atoms with Gasteiger partial charge in [0.2, 0.25) is 0 Å². The number of anilines is 1. The molecule has 1 unspecified atom stereocenters. The lowest BCUT2D eigenvalue weighted by Crippen LogP contribution is -2.33. The molecule has 0 aliphatic carbocycles. The molecule has 1 saturated heterocycles. The summed E-state index contributed by atoms with van der Waals surface area (Å²) in [6, 6.07) is 0. The van der Waals surface area contributed by atoms with Gasteiger partial charge in [0.05, 0.1) is 18.9 Å². The number of carbonyl (C=O) groups excluding carboxylic acids is 1. The number of aromatic nitrogens is 4. The van der Waals surface area contributed by atoms with Gasteiger partial charge in [0, 0.05) is 0 Å². The van der Waals surface area contributed by atoms with Gasteiger partial charge in [0.15, 0.2) is 17.7 Å². The third-order valence-electron chi connectivity index (χ3n) is 5.21. The molecule has 1 fully saturated rings. The summed E-state index contributed by atoms with van der Waals surface area (Å²) in [5.74, 6) is -1.18. The van der Waals surface area contributed by atoms with E-state index in [1.807, 2.05) is 13.8 Å². The minimum atomic E-state index is -4.75. The average Bonchev–Trinajstić information content (AvgIpc) is 3.28. The number of ether oxygens (including phenoxy) is 1. The van der Waals surface area contributed by atoms with Crippen molar-refractivity contribution in [1.29, 1.82) is 0 Å². The molecule has 0 radical (unpaired) electrons. The monoisotopic (exact) mass is 473 g/mol. The first kappa shape index (κ1) is 24.5. The molecule has 0 aromatic carbocycles. The quantitative estimate of drug-likeness (QED) is 0.357. The van der Waals surface area contributed by atoms with Crippen LogP contribution in [0.15, 0.2) is 12.7 Å². The van der Waals surface area contributed by atoms with Crippen LogP contribution in [0.3, 0.4) is 0 Å². The number of aliphatic hydroxyl groups is 2. The fraction of sp³-hybridized carbons (Fsp3) is 0.667. The largest absolute Gasteiger partial charge is 0.529 e. The highest BCUT2D eigenvalue weighted by atomic mass is 31.2. The van der Waals surface area contributed by atoms with E-state index in [2.05, 4.69) is 15.0 Å². The number of rotatable bonds is 10. The van der Waals surface area contributed by atoms with E-state index in [0.29, 0.717) is 12.8 Å². The number of aliphatic hydroxyl groups excluding tert-OH is 2. The molecule has 0 saturated carbocycles. The predicted octanol–water partition coefficient (Wildman–Crippen LogP) is 0.904. The fourth-order valence-electron chi connectivity index (χ4n) is 3.61. The molecule has 3 rings (SSSR count). The Kier molecular flexibility index (Phi) is 7.80. The normalized spacial score (nSPS) is 25.3. The lowest BCUT2D eigenvalue weighted by Gasteiger charge is -2.19. The summed E-state index contributed by atoms with van der Waals surface area (Å²) in [4.78, 5) is 34.1. The van der Waals surface area contributed by atoms with Gasteiger partial charge in [-0.25, -0.2) is 19.5 Å². The van der Waals surface area contributed by atoms with Crippen molar-refractivity contribution in [3.8, 4) is 0 Å². The van der Waals surface area contributed by atoms with Crippen LogP contribution in [0.2, 0.25) is 0 Å². The van der Waals surface area contributed by atoms with E-state index in [0.717, 1.165) is 12.8 Å². The van der Waals surface area contributed by atoms with Crippen LogP contribution in [0.4, 0.5) is 5.82 Å². The first-order valence-electron chi connectivity index (χ1n) is 10.3. The fourth-order valence-corrected chi connectivity index (χ4v) is 4.38. The van der Waals surface area contributed by atoms with Gasteiger partial charge in [0.1, 0.15) is 30.2 Å². The van der Waals surface area contributed by atoms with Crippen LogP contribution in [0.25, 0.3) is 11.2 Å². The topological polar surface area (TPSA) is 192 Å². The van der Waals surface area contributed by atoms with Crippen LogP contribution in [0.5, 0.6) is 0 Å². The van der Waals surface area contributed by atoms with Crippen molar-refractivity contribution < 1.29 is 38.3 Å². The second-order valence-electron chi connectivity index (χ2n) is 7.58. The molecule has 0 amide bonds. The van der Waals surface area contributed by atoms with Crippen LogP contribution in [0.1, 0.15) is 45.8 Å². The summed E-state index contributed by atoms with van der Waals surface area (Å²) in [7, 11) is -4.75. The third kappa shape index (κ3) is 5.25.